The third kappa shape index (κ3) is 1.78. The van der Waals surface area contributed by atoms with E-state index in [9.17, 15) is 0 Å². The predicted molar refractivity (Wildman–Crippen MR) is 68.1 cm³/mol. The Hall–Kier alpha value is -0.160. The number of nitriles is 1. The van der Waals surface area contributed by atoms with Crippen molar-refractivity contribution < 1.29 is 0 Å². The molecule has 2 heteroatoms. The Bertz CT molecular complexity index is 278. The molecular formula is C14H21NS. The highest BCUT2D eigenvalue weighted by molar-refractivity contribution is 7.99. The average molecular weight is 235 g/mol. The van der Waals surface area contributed by atoms with Gasteiger partial charge in [-0.05, 0) is 74.4 Å². The van der Waals surface area contributed by atoms with Crippen molar-refractivity contribution in [2.75, 3.05) is 6.26 Å². The Balaban J connectivity index is 1.70. The normalized spacial score (nSPS) is 46.6. The van der Waals surface area contributed by atoms with Crippen LogP contribution in [0.5, 0.6) is 0 Å². The van der Waals surface area contributed by atoms with Crippen LogP contribution in [0.3, 0.4) is 0 Å². The maximum absolute atomic E-state index is 9.11. The van der Waals surface area contributed by atoms with Crippen molar-refractivity contribution in [2.24, 2.45) is 29.6 Å². The third-order valence-electron chi connectivity index (χ3n) is 5.34. The SMILES string of the molecule is CSC(C#N)CC1C2CC3CC(C2)CC1C3. The Morgan fingerprint density at radius 3 is 2.12 bits per heavy atom. The van der Waals surface area contributed by atoms with E-state index in [0.29, 0.717) is 0 Å². The molecule has 4 fully saturated rings. The topological polar surface area (TPSA) is 23.8 Å². The smallest absolute Gasteiger partial charge is 0.0916 e. The van der Waals surface area contributed by atoms with Crippen molar-refractivity contribution in [1.82, 2.24) is 0 Å². The molecule has 4 bridgehead atoms. The minimum atomic E-state index is 0.252. The van der Waals surface area contributed by atoms with Crippen LogP contribution in [-0.2, 0) is 0 Å². The molecule has 0 saturated heterocycles. The van der Waals surface area contributed by atoms with E-state index in [4.69, 9.17) is 5.26 Å². The zero-order valence-electron chi connectivity index (χ0n) is 10.1. The second-order valence-electron chi connectivity index (χ2n) is 6.18. The standard InChI is InChI=1S/C14H21NS/c1-16-13(8-15)7-14-11-3-9-2-10(5-11)6-12(14)4-9/h9-14H,2-7H2,1H3. The summed E-state index contributed by atoms with van der Waals surface area (Å²) in [7, 11) is 0. The Labute approximate surface area is 103 Å². The first-order valence-corrected chi connectivity index (χ1v) is 8.01. The van der Waals surface area contributed by atoms with Gasteiger partial charge in [-0.15, -0.1) is 11.8 Å². The minimum absolute atomic E-state index is 0.252. The van der Waals surface area contributed by atoms with Gasteiger partial charge in [-0.2, -0.15) is 5.26 Å². The van der Waals surface area contributed by atoms with E-state index in [1.807, 2.05) is 0 Å². The molecule has 0 N–H and O–H groups in total. The van der Waals surface area contributed by atoms with Crippen molar-refractivity contribution in [3.63, 3.8) is 0 Å². The minimum Gasteiger partial charge on any atom is -0.197 e. The molecule has 1 unspecified atom stereocenters. The van der Waals surface area contributed by atoms with E-state index in [-0.39, 0.29) is 5.25 Å². The zero-order chi connectivity index (χ0) is 11.1. The zero-order valence-corrected chi connectivity index (χ0v) is 10.9. The molecule has 0 aromatic rings. The Kier molecular flexibility index (Phi) is 2.92. The van der Waals surface area contributed by atoms with Crippen LogP contribution in [0, 0.1) is 40.9 Å². The van der Waals surface area contributed by atoms with Gasteiger partial charge in [0.05, 0.1) is 11.3 Å². The first-order valence-electron chi connectivity index (χ1n) is 6.72. The summed E-state index contributed by atoms with van der Waals surface area (Å²) in [6.45, 7) is 0. The maximum Gasteiger partial charge on any atom is 0.0916 e. The lowest BCUT2D eigenvalue weighted by molar-refractivity contribution is -0.0385. The predicted octanol–water partition coefficient (Wildman–Crippen LogP) is 3.70. The Morgan fingerprint density at radius 1 is 1.12 bits per heavy atom. The summed E-state index contributed by atoms with van der Waals surface area (Å²) in [5.74, 6) is 4.99. The number of hydrogen-bond donors (Lipinski definition) is 0. The lowest BCUT2D eigenvalue weighted by Crippen LogP contribution is -2.45. The highest BCUT2D eigenvalue weighted by Crippen LogP contribution is 2.57. The van der Waals surface area contributed by atoms with Gasteiger partial charge in [0.15, 0.2) is 0 Å². The number of hydrogen-bond acceptors (Lipinski definition) is 2. The molecule has 0 aromatic heterocycles. The highest BCUT2D eigenvalue weighted by atomic mass is 32.2. The van der Waals surface area contributed by atoms with E-state index < -0.39 is 0 Å². The number of nitrogens with zero attached hydrogens (tertiary/aromatic N) is 1. The monoisotopic (exact) mass is 235 g/mol. The van der Waals surface area contributed by atoms with Crippen LogP contribution in [-0.4, -0.2) is 11.5 Å². The quantitative estimate of drug-likeness (QED) is 0.744. The van der Waals surface area contributed by atoms with Gasteiger partial charge >= 0.3 is 0 Å². The van der Waals surface area contributed by atoms with Crippen LogP contribution in [0.25, 0.3) is 0 Å². The van der Waals surface area contributed by atoms with Gasteiger partial charge in [-0.3, -0.25) is 0 Å². The molecule has 0 radical (unpaired) electrons. The van der Waals surface area contributed by atoms with Gasteiger partial charge in [0.25, 0.3) is 0 Å². The van der Waals surface area contributed by atoms with E-state index in [1.165, 1.54) is 38.5 Å². The summed E-state index contributed by atoms with van der Waals surface area (Å²) in [4.78, 5) is 0. The molecule has 4 rings (SSSR count). The van der Waals surface area contributed by atoms with Crippen LogP contribution in [0.4, 0.5) is 0 Å². The Morgan fingerprint density at radius 2 is 1.69 bits per heavy atom. The molecule has 4 aliphatic carbocycles. The molecule has 0 aromatic carbocycles. The fourth-order valence-electron chi connectivity index (χ4n) is 4.87. The van der Waals surface area contributed by atoms with Crippen LogP contribution in [0.1, 0.15) is 38.5 Å². The molecule has 4 aliphatic rings. The summed E-state index contributed by atoms with van der Waals surface area (Å²) >= 11 is 1.75. The van der Waals surface area contributed by atoms with E-state index in [2.05, 4.69) is 12.3 Å². The fourth-order valence-corrected chi connectivity index (χ4v) is 5.39. The van der Waals surface area contributed by atoms with Gasteiger partial charge in [0.2, 0.25) is 0 Å². The second kappa shape index (κ2) is 4.26. The van der Waals surface area contributed by atoms with Crippen LogP contribution >= 0.6 is 11.8 Å². The van der Waals surface area contributed by atoms with E-state index in [0.717, 1.165) is 29.6 Å². The fraction of sp³-hybridized carbons (Fsp3) is 0.929. The van der Waals surface area contributed by atoms with Crippen molar-refractivity contribution in [3.05, 3.63) is 0 Å². The van der Waals surface area contributed by atoms with E-state index >= 15 is 0 Å². The summed E-state index contributed by atoms with van der Waals surface area (Å²) < 4.78 is 0. The second-order valence-corrected chi connectivity index (χ2v) is 7.22. The van der Waals surface area contributed by atoms with Gasteiger partial charge in [0, 0.05) is 0 Å². The van der Waals surface area contributed by atoms with Crippen LogP contribution < -0.4 is 0 Å². The van der Waals surface area contributed by atoms with Crippen molar-refractivity contribution >= 4 is 11.8 Å². The van der Waals surface area contributed by atoms with Gasteiger partial charge < -0.3 is 0 Å². The van der Waals surface area contributed by atoms with Crippen molar-refractivity contribution in [1.29, 1.82) is 5.26 Å². The van der Waals surface area contributed by atoms with Gasteiger partial charge in [-0.1, -0.05) is 0 Å². The highest BCUT2D eigenvalue weighted by Gasteiger charge is 2.48. The number of thioether (sulfide) groups is 1. The average Bonchev–Trinajstić information content (AvgIpc) is 2.28. The first-order chi connectivity index (χ1) is 7.80. The number of rotatable bonds is 3. The summed E-state index contributed by atoms with van der Waals surface area (Å²) in [5, 5.41) is 9.36. The van der Waals surface area contributed by atoms with Crippen molar-refractivity contribution in [2.45, 2.75) is 43.8 Å². The van der Waals surface area contributed by atoms with Crippen LogP contribution in [0.2, 0.25) is 0 Å². The maximum atomic E-state index is 9.11. The molecule has 1 nitrogen and oxygen atoms in total. The molecule has 0 spiro atoms. The van der Waals surface area contributed by atoms with Gasteiger partial charge in [0.1, 0.15) is 0 Å². The van der Waals surface area contributed by atoms with Gasteiger partial charge in [-0.25, -0.2) is 0 Å². The molecule has 0 heterocycles. The molecule has 1 atom stereocenters. The van der Waals surface area contributed by atoms with Crippen molar-refractivity contribution in [3.8, 4) is 6.07 Å². The molecule has 0 aliphatic heterocycles. The first kappa shape index (κ1) is 11.0. The third-order valence-corrected chi connectivity index (χ3v) is 6.20. The van der Waals surface area contributed by atoms with Crippen LogP contribution in [0.15, 0.2) is 0 Å². The molecule has 0 amide bonds. The lowest BCUT2D eigenvalue weighted by Gasteiger charge is -2.54. The molecular weight excluding hydrogens is 214 g/mol. The molecule has 4 saturated carbocycles. The molecule has 16 heavy (non-hydrogen) atoms. The summed E-state index contributed by atoms with van der Waals surface area (Å²) in [6, 6.07) is 2.47. The van der Waals surface area contributed by atoms with E-state index in [1.54, 1.807) is 11.8 Å². The lowest BCUT2D eigenvalue weighted by atomic mass is 9.51. The largest absolute Gasteiger partial charge is 0.197 e. The summed E-state index contributed by atoms with van der Waals surface area (Å²) in [5.41, 5.74) is 0. The molecule has 88 valence electrons. The summed E-state index contributed by atoms with van der Waals surface area (Å²) in [6.07, 6.45) is 10.8.